The van der Waals surface area contributed by atoms with Crippen LogP contribution in [0.5, 0.6) is 0 Å². The van der Waals surface area contributed by atoms with Gasteiger partial charge in [0.25, 0.3) is 6.71 Å². The summed E-state index contributed by atoms with van der Waals surface area (Å²) in [6, 6.07) is 16.2. The van der Waals surface area contributed by atoms with Crippen molar-refractivity contribution in [3.8, 4) is 0 Å². The molecule has 1 aliphatic heterocycles. The van der Waals surface area contributed by atoms with Gasteiger partial charge in [-0.2, -0.15) is 0 Å². The summed E-state index contributed by atoms with van der Waals surface area (Å²) in [4.78, 5) is 0. The van der Waals surface area contributed by atoms with Gasteiger partial charge in [0.15, 0.2) is 58.2 Å². The van der Waals surface area contributed by atoms with E-state index in [1.165, 1.54) is 6.08 Å². The Morgan fingerprint density at radius 2 is 0.805 bits per heavy atom. The second-order valence-corrected chi connectivity index (χ2v) is 12.9. The van der Waals surface area contributed by atoms with Crippen LogP contribution in [-0.2, 0) is 0 Å². The molecule has 5 rings (SSSR count). The van der Waals surface area contributed by atoms with Crippen molar-refractivity contribution in [2.75, 3.05) is 6.16 Å². The van der Waals surface area contributed by atoms with E-state index in [0.717, 1.165) is 0 Å². The fourth-order valence-corrected chi connectivity index (χ4v) is 10.1. The minimum atomic E-state index is -3.29. The Balaban J connectivity index is 2.08. The zero-order valence-electron chi connectivity index (χ0n) is 20.9. The van der Waals surface area contributed by atoms with E-state index < -0.39 is 82.7 Å². The van der Waals surface area contributed by atoms with E-state index in [9.17, 15) is 26.3 Å². The summed E-state index contributed by atoms with van der Waals surface area (Å²) >= 11 is 0. The summed E-state index contributed by atoms with van der Waals surface area (Å²) in [6.45, 7) is -4.32. The predicted octanol–water partition coefficient (Wildman–Crippen LogP) is 6.03. The van der Waals surface area contributed by atoms with Crippen LogP contribution in [0, 0.1) is 58.2 Å². The van der Waals surface area contributed by atoms with E-state index in [2.05, 4.69) is 0 Å². The lowest BCUT2D eigenvalue weighted by Crippen LogP contribution is -2.56. The van der Waals surface area contributed by atoms with Gasteiger partial charge in [0.1, 0.15) is 0 Å². The molecule has 12 heteroatoms. The minimum absolute atomic E-state index is 0.0949. The first-order chi connectivity index (χ1) is 19.4. The quantitative estimate of drug-likeness (QED) is 0.0869. The van der Waals surface area contributed by atoms with E-state index in [4.69, 9.17) is 0 Å². The Bertz CT molecular complexity index is 1610. The molecular weight excluding hydrogens is 580 g/mol. The minimum Gasteiger partial charge on any atom is -0.204 e. The highest BCUT2D eigenvalue weighted by molar-refractivity contribution is 7.93. The normalized spacial score (nSPS) is 14.4. The van der Waals surface area contributed by atoms with Crippen LogP contribution in [0.3, 0.4) is 0 Å². The van der Waals surface area contributed by atoms with Gasteiger partial charge in [0, 0.05) is 10.9 Å². The van der Waals surface area contributed by atoms with Crippen molar-refractivity contribution in [3.05, 3.63) is 130 Å². The van der Waals surface area contributed by atoms with Gasteiger partial charge in [-0.05, 0) is 23.7 Å². The topological polar surface area (TPSA) is 0 Å². The highest BCUT2D eigenvalue weighted by atomic mass is 31.2. The third kappa shape index (κ3) is 4.33. The number of hydrogen-bond acceptors (Lipinski definition) is 0. The van der Waals surface area contributed by atoms with E-state index in [-0.39, 0.29) is 11.4 Å². The first kappa shape index (κ1) is 28.8. The fourth-order valence-electron chi connectivity index (χ4n) is 5.36. The van der Waals surface area contributed by atoms with Crippen molar-refractivity contribution in [1.29, 1.82) is 0 Å². The number of hydrogen-bond donors (Lipinski definition) is 0. The molecule has 4 aromatic carbocycles. The van der Waals surface area contributed by atoms with Gasteiger partial charge < -0.3 is 0 Å². The molecule has 0 saturated heterocycles. The number of allylic oxidation sites excluding steroid dienone is 2. The van der Waals surface area contributed by atoms with Gasteiger partial charge >= 0.3 is 0 Å². The van der Waals surface area contributed by atoms with Crippen LogP contribution >= 0.6 is 6.89 Å². The zero-order valence-corrected chi connectivity index (χ0v) is 21.8. The molecule has 0 fully saturated rings. The summed E-state index contributed by atoms with van der Waals surface area (Å²) in [5, 5.41) is 0.706. The van der Waals surface area contributed by atoms with Crippen molar-refractivity contribution >= 4 is 40.3 Å². The third-order valence-electron chi connectivity index (χ3n) is 7.08. The van der Waals surface area contributed by atoms with E-state index in [0.29, 0.717) is 16.2 Å². The second kappa shape index (κ2) is 10.6. The Kier molecular flexibility index (Phi) is 7.45. The molecule has 0 radical (unpaired) electrons. The first-order valence-corrected chi connectivity index (χ1v) is 14.0. The maximum absolute atomic E-state index is 15.4. The molecule has 4 aromatic rings. The van der Waals surface area contributed by atoms with Gasteiger partial charge in [-0.1, -0.05) is 84.4 Å². The molecule has 0 saturated carbocycles. The highest BCUT2D eigenvalue weighted by Crippen LogP contribution is 2.53. The molecule has 210 valence electrons. The monoisotopic (exact) mass is 596 g/mol. The van der Waals surface area contributed by atoms with Gasteiger partial charge in [-0.15, -0.1) is 0 Å². The number of benzene rings is 4. The summed E-state index contributed by atoms with van der Waals surface area (Å²) in [6.07, 6.45) is 1.37. The summed E-state index contributed by atoms with van der Waals surface area (Å²) in [5.74, 6) is -24.7. The summed E-state index contributed by atoms with van der Waals surface area (Å²) in [5.41, 5.74) is -2.98. The average Bonchev–Trinajstić information content (AvgIpc) is 3.34. The van der Waals surface area contributed by atoms with Crippen LogP contribution in [0.15, 0.2) is 72.3 Å². The van der Waals surface area contributed by atoms with E-state index in [1.807, 2.05) is 0 Å². The van der Waals surface area contributed by atoms with Gasteiger partial charge in [0.05, 0.1) is 0 Å². The first-order valence-electron chi connectivity index (χ1n) is 12.0. The molecule has 0 atom stereocenters. The molecule has 0 spiro atoms. The highest BCUT2D eigenvalue weighted by Gasteiger charge is 2.46. The number of rotatable bonds is 5. The van der Waals surface area contributed by atoms with Crippen LogP contribution in [-0.4, -0.2) is 18.1 Å². The van der Waals surface area contributed by atoms with Crippen molar-refractivity contribution in [1.82, 2.24) is 0 Å². The molecule has 41 heavy (non-hydrogen) atoms. The SMILES string of the molecule is CC1=CC(B(c2c(F)c(F)c(F)c(F)c2F)c2c(F)c(F)c(F)c(F)c2F)=P(c2ccccc2)(c2ccccc2)C1. The van der Waals surface area contributed by atoms with Crippen molar-refractivity contribution in [2.45, 2.75) is 6.92 Å². The van der Waals surface area contributed by atoms with E-state index in [1.54, 1.807) is 67.6 Å². The van der Waals surface area contributed by atoms with Crippen molar-refractivity contribution in [2.24, 2.45) is 0 Å². The molecule has 0 N–H and O–H groups in total. The van der Waals surface area contributed by atoms with Gasteiger partial charge in [-0.3, -0.25) is 0 Å². The summed E-state index contributed by atoms with van der Waals surface area (Å²) in [7, 11) is 0. The maximum atomic E-state index is 15.4. The summed E-state index contributed by atoms with van der Waals surface area (Å²) < 4.78 is 148. The van der Waals surface area contributed by atoms with E-state index >= 15 is 17.6 Å². The second-order valence-electron chi connectivity index (χ2n) is 9.45. The smallest absolute Gasteiger partial charge is 0.204 e. The Morgan fingerprint density at radius 3 is 1.15 bits per heavy atom. The average molecular weight is 596 g/mol. The van der Waals surface area contributed by atoms with Gasteiger partial charge in [-0.25, -0.2) is 43.9 Å². The lowest BCUT2D eigenvalue weighted by atomic mass is 9.37. The van der Waals surface area contributed by atoms with Crippen LogP contribution < -0.4 is 21.5 Å². The Morgan fingerprint density at radius 1 is 0.488 bits per heavy atom. The molecule has 0 aromatic heterocycles. The molecule has 1 heterocycles. The van der Waals surface area contributed by atoms with Crippen LogP contribution in [0.1, 0.15) is 6.92 Å². The molecular formula is C29H16BF10P. The van der Waals surface area contributed by atoms with Crippen LogP contribution in [0.25, 0.3) is 0 Å². The van der Waals surface area contributed by atoms with Crippen molar-refractivity contribution in [3.63, 3.8) is 0 Å². The Labute approximate surface area is 228 Å². The largest absolute Gasteiger partial charge is 0.258 e. The maximum Gasteiger partial charge on any atom is 0.258 e. The molecule has 0 amide bonds. The molecule has 1 aliphatic rings. The van der Waals surface area contributed by atoms with Crippen molar-refractivity contribution < 1.29 is 43.9 Å². The third-order valence-corrected chi connectivity index (χ3v) is 11.7. The van der Waals surface area contributed by atoms with Gasteiger partial charge in [0.2, 0.25) is 0 Å². The van der Waals surface area contributed by atoms with Crippen LogP contribution in [0.2, 0.25) is 0 Å². The lowest BCUT2D eigenvalue weighted by Gasteiger charge is -2.31. The zero-order chi connectivity index (χ0) is 29.8. The fraction of sp³-hybridized carbons (Fsp3) is 0.0690. The standard InChI is InChI=1S/C29H16BF10P/c1-14-12-17(41(13-14,15-8-4-2-5-9-15)16-10-6-3-7-11-16)30(18-20(31)24(35)28(39)25(36)21(18)32)19-22(33)26(37)29(40)27(38)23(19)34/h2-12H,13H2,1H3. The molecule has 0 bridgehead atoms. The predicted molar refractivity (Wildman–Crippen MR) is 140 cm³/mol. The number of halogens is 10. The molecule has 0 aliphatic carbocycles. The molecule has 0 unspecified atom stereocenters. The lowest BCUT2D eigenvalue weighted by molar-refractivity contribution is 0.382. The van der Waals surface area contributed by atoms with Crippen LogP contribution in [0.4, 0.5) is 43.9 Å². The molecule has 0 nitrogen and oxygen atoms in total. The Hall–Kier alpha value is -3.72.